The number of nitrogens with two attached hydrogens (primary N) is 1. The summed E-state index contributed by atoms with van der Waals surface area (Å²) >= 11 is 3.35. The molecule has 0 aliphatic carbocycles. The van der Waals surface area contributed by atoms with Gasteiger partial charge in [0.05, 0.1) is 5.52 Å². The lowest BCUT2D eigenvalue weighted by Gasteiger charge is -1.97. The number of hydrogen-bond donors (Lipinski definition) is 2. The van der Waals surface area contributed by atoms with Gasteiger partial charge in [-0.25, -0.2) is 4.98 Å². The summed E-state index contributed by atoms with van der Waals surface area (Å²) in [5.41, 5.74) is 8.04. The van der Waals surface area contributed by atoms with E-state index in [1.807, 2.05) is 12.1 Å². The predicted molar refractivity (Wildman–Crippen MR) is 76.2 cm³/mol. The Labute approximate surface area is 117 Å². The van der Waals surface area contributed by atoms with Gasteiger partial charge in [0.2, 0.25) is 5.95 Å². The fraction of sp³-hybridized carbons (Fsp3) is 0. The average molecular weight is 317 g/mol. The predicted octanol–water partition coefficient (Wildman–Crippen LogP) is 2.15. The van der Waals surface area contributed by atoms with Crippen LogP contribution < -0.4 is 5.73 Å². The van der Waals surface area contributed by atoms with Crippen LogP contribution in [0.1, 0.15) is 5.56 Å². The highest BCUT2D eigenvalue weighted by Gasteiger charge is 2.05. The van der Waals surface area contributed by atoms with Crippen molar-refractivity contribution in [3.05, 3.63) is 46.8 Å². The first-order valence-electron chi connectivity index (χ1n) is 5.48. The van der Waals surface area contributed by atoms with E-state index in [4.69, 9.17) is 5.73 Å². The van der Waals surface area contributed by atoms with Crippen LogP contribution >= 0.6 is 15.9 Å². The van der Waals surface area contributed by atoms with Gasteiger partial charge in [0, 0.05) is 28.6 Å². The molecule has 0 saturated carbocycles. The van der Waals surface area contributed by atoms with Gasteiger partial charge >= 0.3 is 0 Å². The molecule has 0 fully saturated rings. The van der Waals surface area contributed by atoms with Crippen molar-refractivity contribution in [1.82, 2.24) is 19.9 Å². The van der Waals surface area contributed by atoms with Crippen molar-refractivity contribution in [3.8, 4) is 0 Å². The highest BCUT2D eigenvalue weighted by Crippen LogP contribution is 2.18. The topological polar surface area (TPSA) is 92.8 Å². The van der Waals surface area contributed by atoms with E-state index in [9.17, 15) is 0 Å². The summed E-state index contributed by atoms with van der Waals surface area (Å²) in [5.74, 6) is 0.771. The monoisotopic (exact) mass is 316 g/mol. The largest absolute Gasteiger partial charge is 0.383 e. The first-order valence-corrected chi connectivity index (χ1v) is 6.27. The molecule has 0 aliphatic heterocycles. The molecule has 0 atom stereocenters. The van der Waals surface area contributed by atoms with Crippen LogP contribution in [0, 0.1) is 0 Å². The lowest BCUT2D eigenvalue weighted by Crippen LogP contribution is -2.12. The van der Waals surface area contributed by atoms with Crippen molar-refractivity contribution in [1.29, 1.82) is 0 Å². The van der Waals surface area contributed by atoms with E-state index >= 15 is 0 Å². The molecule has 3 aromatic heterocycles. The Morgan fingerprint density at radius 2 is 2.26 bits per heavy atom. The lowest BCUT2D eigenvalue weighted by molar-refractivity contribution is 1.23. The fourth-order valence-electron chi connectivity index (χ4n) is 1.61. The number of pyridine rings is 2. The number of aliphatic imine (C=N–C) groups is 1. The molecular formula is C12H9BrN6. The molecule has 7 heteroatoms. The minimum Gasteiger partial charge on any atom is -0.383 e. The molecule has 3 N–H and O–H groups in total. The fourth-order valence-corrected chi connectivity index (χ4v) is 1.94. The maximum atomic E-state index is 5.90. The Balaban J connectivity index is 2.01. The third kappa shape index (κ3) is 2.45. The summed E-state index contributed by atoms with van der Waals surface area (Å²) < 4.78 is 0.874. The number of H-pyrrole nitrogens is 1. The SMILES string of the molecule is NC(=Nc1nc2ncc(Br)cc2[nH]1)c1cccnc1. The summed E-state index contributed by atoms with van der Waals surface area (Å²) in [6.07, 6.45) is 5.01. The van der Waals surface area contributed by atoms with E-state index in [1.165, 1.54) is 0 Å². The second kappa shape index (κ2) is 4.77. The smallest absolute Gasteiger partial charge is 0.231 e. The number of halogens is 1. The molecule has 3 aromatic rings. The van der Waals surface area contributed by atoms with Crippen molar-refractivity contribution >= 4 is 38.9 Å². The number of imidazole rings is 1. The van der Waals surface area contributed by atoms with Gasteiger partial charge in [-0.3, -0.25) is 4.98 Å². The zero-order valence-corrected chi connectivity index (χ0v) is 11.3. The Kier molecular flexibility index (Phi) is 2.96. The van der Waals surface area contributed by atoms with Crippen LogP contribution in [0.4, 0.5) is 5.95 Å². The number of aromatic amines is 1. The molecule has 0 amide bonds. The Bertz CT molecular complexity index is 749. The molecule has 0 spiro atoms. The van der Waals surface area contributed by atoms with Crippen molar-refractivity contribution in [2.75, 3.05) is 0 Å². The average Bonchev–Trinajstić information content (AvgIpc) is 2.81. The number of fused-ring (bicyclic) bond motifs is 1. The zero-order valence-electron chi connectivity index (χ0n) is 9.71. The minimum atomic E-state index is 0.353. The summed E-state index contributed by atoms with van der Waals surface area (Å²) in [7, 11) is 0. The van der Waals surface area contributed by atoms with E-state index in [0.29, 0.717) is 17.4 Å². The Morgan fingerprint density at radius 3 is 3.05 bits per heavy atom. The molecule has 94 valence electrons. The summed E-state index contributed by atoms with van der Waals surface area (Å²) in [6, 6.07) is 5.52. The van der Waals surface area contributed by atoms with Crippen molar-refractivity contribution < 1.29 is 0 Å². The summed E-state index contributed by atoms with van der Waals surface area (Å²) in [5, 5.41) is 0. The maximum absolute atomic E-state index is 5.90. The molecule has 6 nitrogen and oxygen atoms in total. The zero-order chi connectivity index (χ0) is 13.2. The van der Waals surface area contributed by atoms with Crippen molar-refractivity contribution in [2.24, 2.45) is 10.7 Å². The highest BCUT2D eigenvalue weighted by atomic mass is 79.9. The van der Waals surface area contributed by atoms with Crippen LogP contribution in [0.5, 0.6) is 0 Å². The van der Waals surface area contributed by atoms with Crippen molar-refractivity contribution in [2.45, 2.75) is 0 Å². The van der Waals surface area contributed by atoms with Crippen LogP contribution in [0.2, 0.25) is 0 Å². The molecule has 0 radical (unpaired) electrons. The van der Waals surface area contributed by atoms with Crippen molar-refractivity contribution in [3.63, 3.8) is 0 Å². The van der Waals surface area contributed by atoms with Crippen LogP contribution in [-0.2, 0) is 0 Å². The van der Waals surface area contributed by atoms with Crippen LogP contribution in [0.3, 0.4) is 0 Å². The summed E-state index contributed by atoms with van der Waals surface area (Å²) in [6.45, 7) is 0. The first-order chi connectivity index (χ1) is 9.22. The van der Waals surface area contributed by atoms with E-state index < -0.39 is 0 Å². The normalized spacial score (nSPS) is 11.9. The Morgan fingerprint density at radius 1 is 1.37 bits per heavy atom. The van der Waals surface area contributed by atoms with E-state index in [1.54, 1.807) is 24.7 Å². The second-order valence-corrected chi connectivity index (χ2v) is 4.74. The van der Waals surface area contributed by atoms with Crippen LogP contribution in [0.15, 0.2) is 46.3 Å². The van der Waals surface area contributed by atoms with Gasteiger partial charge in [0.15, 0.2) is 5.65 Å². The maximum Gasteiger partial charge on any atom is 0.231 e. The van der Waals surface area contributed by atoms with Gasteiger partial charge in [0.1, 0.15) is 5.84 Å². The molecule has 0 bridgehead atoms. The standard InChI is InChI=1S/C12H9BrN6/c13-8-4-9-11(16-6-8)19-12(17-9)18-10(14)7-2-1-3-15-5-7/h1-6H,(H3,14,16,17,18,19). The number of rotatable bonds is 2. The Hall–Kier alpha value is -2.28. The van der Waals surface area contributed by atoms with Crippen LogP contribution in [-0.4, -0.2) is 25.8 Å². The molecule has 19 heavy (non-hydrogen) atoms. The molecule has 0 aliphatic rings. The summed E-state index contributed by atoms with van der Waals surface area (Å²) in [4.78, 5) is 19.7. The third-order valence-corrected chi connectivity index (χ3v) is 2.91. The molecular weight excluding hydrogens is 308 g/mol. The number of hydrogen-bond acceptors (Lipinski definition) is 4. The molecule has 3 rings (SSSR count). The lowest BCUT2D eigenvalue weighted by atomic mass is 10.3. The van der Waals surface area contributed by atoms with Gasteiger partial charge < -0.3 is 10.7 Å². The minimum absolute atomic E-state index is 0.353. The van der Waals surface area contributed by atoms with E-state index in [0.717, 1.165) is 15.6 Å². The molecule has 3 heterocycles. The number of amidine groups is 1. The number of nitrogens with zero attached hydrogens (tertiary/aromatic N) is 4. The quantitative estimate of drug-likeness (QED) is 0.559. The second-order valence-electron chi connectivity index (χ2n) is 3.82. The van der Waals surface area contributed by atoms with Gasteiger partial charge in [0.25, 0.3) is 0 Å². The number of nitrogens with one attached hydrogen (secondary N) is 1. The van der Waals surface area contributed by atoms with Gasteiger partial charge in [-0.05, 0) is 34.1 Å². The van der Waals surface area contributed by atoms with Crippen LogP contribution in [0.25, 0.3) is 11.2 Å². The van der Waals surface area contributed by atoms with E-state index in [-0.39, 0.29) is 0 Å². The molecule has 0 aromatic carbocycles. The number of aromatic nitrogens is 4. The highest BCUT2D eigenvalue weighted by molar-refractivity contribution is 9.10. The van der Waals surface area contributed by atoms with E-state index in [2.05, 4.69) is 40.9 Å². The van der Waals surface area contributed by atoms with Gasteiger partial charge in [-0.15, -0.1) is 0 Å². The van der Waals surface area contributed by atoms with Gasteiger partial charge in [-0.2, -0.15) is 9.98 Å². The third-order valence-electron chi connectivity index (χ3n) is 2.48. The first kappa shape index (κ1) is 11.8. The molecule has 0 unspecified atom stereocenters. The molecule has 0 saturated heterocycles. The van der Waals surface area contributed by atoms with Gasteiger partial charge in [-0.1, -0.05) is 0 Å².